The van der Waals surface area contributed by atoms with Gasteiger partial charge in [0.15, 0.2) is 6.61 Å². The van der Waals surface area contributed by atoms with Crippen LogP contribution in [0.3, 0.4) is 0 Å². The number of esters is 1. The van der Waals surface area contributed by atoms with Gasteiger partial charge < -0.3 is 14.7 Å². The summed E-state index contributed by atoms with van der Waals surface area (Å²) in [5.41, 5.74) is 1.95. The number of nitrogens with zero attached hydrogens (tertiary/aromatic N) is 1. The van der Waals surface area contributed by atoms with Crippen LogP contribution in [0.2, 0.25) is 10.0 Å². The lowest BCUT2D eigenvalue weighted by atomic mass is 10.0. The second kappa shape index (κ2) is 8.74. The van der Waals surface area contributed by atoms with Crippen molar-refractivity contribution in [1.82, 2.24) is 4.90 Å². The lowest BCUT2D eigenvalue weighted by Gasteiger charge is -2.25. The molecule has 1 saturated heterocycles. The van der Waals surface area contributed by atoms with E-state index in [9.17, 15) is 9.59 Å². The van der Waals surface area contributed by atoms with E-state index >= 15 is 0 Å². The molecule has 0 aliphatic carbocycles. The summed E-state index contributed by atoms with van der Waals surface area (Å²) in [7, 11) is 0. The monoisotopic (exact) mass is 407 g/mol. The molecule has 142 valence electrons. The molecule has 0 aromatic heterocycles. The molecule has 0 spiro atoms. The first-order valence-electron chi connectivity index (χ1n) is 8.61. The van der Waals surface area contributed by atoms with Crippen molar-refractivity contribution in [2.45, 2.75) is 25.5 Å². The highest BCUT2D eigenvalue weighted by Gasteiger charge is 2.30. The number of benzene rings is 2. The number of hydrogen-bond donors (Lipinski definition) is 1. The first-order chi connectivity index (χ1) is 13.0. The van der Waals surface area contributed by atoms with Gasteiger partial charge in [0.05, 0.1) is 28.3 Å². The number of likely N-dealkylation sites (tertiary alicyclic amines) is 1. The Bertz CT molecular complexity index is 838. The number of halogens is 2. The third-order valence-electron chi connectivity index (χ3n) is 4.60. The Balaban J connectivity index is 1.62. The molecule has 1 aliphatic rings. The fourth-order valence-corrected chi connectivity index (χ4v) is 3.48. The van der Waals surface area contributed by atoms with Gasteiger partial charge in [0.25, 0.3) is 5.91 Å². The number of carbonyl (C=O) groups is 2. The highest BCUT2D eigenvalue weighted by atomic mass is 35.5. The van der Waals surface area contributed by atoms with Crippen LogP contribution in [-0.4, -0.2) is 35.0 Å². The molecule has 0 saturated carbocycles. The molecule has 7 heteroatoms. The van der Waals surface area contributed by atoms with Crippen molar-refractivity contribution in [3.8, 4) is 0 Å². The van der Waals surface area contributed by atoms with E-state index in [1.807, 2.05) is 6.07 Å². The van der Waals surface area contributed by atoms with Gasteiger partial charge in [-0.15, -0.1) is 0 Å². The Morgan fingerprint density at radius 3 is 2.52 bits per heavy atom. The Morgan fingerprint density at radius 2 is 1.85 bits per heavy atom. The van der Waals surface area contributed by atoms with Crippen molar-refractivity contribution in [2.75, 3.05) is 13.2 Å². The fourth-order valence-electron chi connectivity index (χ4n) is 3.17. The zero-order chi connectivity index (χ0) is 19.4. The maximum Gasteiger partial charge on any atom is 0.338 e. The minimum Gasteiger partial charge on any atom is -0.452 e. The number of aliphatic hydroxyl groups is 1. The van der Waals surface area contributed by atoms with Gasteiger partial charge in [-0.05, 0) is 48.2 Å². The van der Waals surface area contributed by atoms with E-state index < -0.39 is 5.97 Å². The first-order valence-corrected chi connectivity index (χ1v) is 9.36. The van der Waals surface area contributed by atoms with Crippen molar-refractivity contribution in [3.05, 3.63) is 69.2 Å². The fraction of sp³-hybridized carbons (Fsp3) is 0.300. The van der Waals surface area contributed by atoms with Gasteiger partial charge in [-0.2, -0.15) is 0 Å². The zero-order valence-electron chi connectivity index (χ0n) is 14.5. The van der Waals surface area contributed by atoms with Crippen LogP contribution in [0.25, 0.3) is 0 Å². The van der Waals surface area contributed by atoms with Gasteiger partial charge >= 0.3 is 5.97 Å². The second-order valence-electron chi connectivity index (χ2n) is 6.35. The molecular formula is C20H19Cl2NO4. The molecule has 1 amide bonds. The molecule has 1 N–H and O–H groups in total. The summed E-state index contributed by atoms with van der Waals surface area (Å²) in [6.07, 6.45) is 1.69. The minimum atomic E-state index is -0.571. The van der Waals surface area contributed by atoms with Crippen LogP contribution in [0.1, 0.15) is 40.4 Å². The van der Waals surface area contributed by atoms with E-state index in [4.69, 9.17) is 33.0 Å². The van der Waals surface area contributed by atoms with E-state index in [-0.39, 0.29) is 25.2 Å². The summed E-state index contributed by atoms with van der Waals surface area (Å²) < 4.78 is 5.16. The molecule has 5 nitrogen and oxygen atoms in total. The molecule has 0 unspecified atom stereocenters. The predicted octanol–water partition coefficient (Wildman–Crippen LogP) is 4.01. The number of hydrogen-bond acceptors (Lipinski definition) is 4. The average molecular weight is 408 g/mol. The number of carbonyl (C=O) groups excluding carboxylic acids is 2. The zero-order valence-corrected chi connectivity index (χ0v) is 16.0. The highest BCUT2D eigenvalue weighted by Crippen LogP contribution is 2.35. The van der Waals surface area contributed by atoms with Crippen molar-refractivity contribution < 1.29 is 19.4 Å². The molecule has 0 radical (unpaired) electrons. The molecular weight excluding hydrogens is 389 g/mol. The van der Waals surface area contributed by atoms with Crippen molar-refractivity contribution in [1.29, 1.82) is 0 Å². The third-order valence-corrected chi connectivity index (χ3v) is 5.34. The number of ether oxygens (including phenoxy) is 1. The van der Waals surface area contributed by atoms with Crippen molar-refractivity contribution in [3.63, 3.8) is 0 Å². The molecule has 0 bridgehead atoms. The Morgan fingerprint density at radius 1 is 1.11 bits per heavy atom. The summed E-state index contributed by atoms with van der Waals surface area (Å²) in [5, 5.41) is 9.95. The molecule has 3 rings (SSSR count). The first kappa shape index (κ1) is 19.7. The lowest BCUT2D eigenvalue weighted by Crippen LogP contribution is -2.34. The van der Waals surface area contributed by atoms with Gasteiger partial charge in [0.1, 0.15) is 0 Å². The number of aliphatic hydroxyl groups excluding tert-OH is 1. The molecule has 2 aromatic rings. The van der Waals surface area contributed by atoms with Gasteiger partial charge in [-0.1, -0.05) is 41.4 Å². The molecule has 1 atom stereocenters. The summed E-state index contributed by atoms with van der Waals surface area (Å²) in [6.45, 7) is 0.184. The van der Waals surface area contributed by atoms with Crippen LogP contribution in [0.4, 0.5) is 0 Å². The summed E-state index contributed by atoms with van der Waals surface area (Å²) in [6, 6.07) is 11.7. The molecule has 2 aromatic carbocycles. The Labute approximate surface area is 167 Å². The summed E-state index contributed by atoms with van der Waals surface area (Å²) in [4.78, 5) is 26.4. The van der Waals surface area contributed by atoms with Crippen LogP contribution >= 0.6 is 23.2 Å². The Hall–Kier alpha value is -2.08. The maximum atomic E-state index is 12.6. The quantitative estimate of drug-likeness (QED) is 0.760. The molecule has 1 heterocycles. The highest BCUT2D eigenvalue weighted by molar-refractivity contribution is 6.42. The Kier molecular flexibility index (Phi) is 6.37. The third kappa shape index (κ3) is 4.61. The topological polar surface area (TPSA) is 66.8 Å². The normalized spacial score (nSPS) is 16.4. The maximum absolute atomic E-state index is 12.6. The lowest BCUT2D eigenvalue weighted by molar-refractivity contribution is -0.135. The summed E-state index contributed by atoms with van der Waals surface area (Å²) >= 11 is 12.1. The second-order valence-corrected chi connectivity index (χ2v) is 7.16. The minimum absolute atomic E-state index is 0.0983. The van der Waals surface area contributed by atoms with E-state index in [0.29, 0.717) is 27.7 Å². The van der Waals surface area contributed by atoms with E-state index in [2.05, 4.69) is 0 Å². The predicted molar refractivity (Wildman–Crippen MR) is 103 cm³/mol. The molecule has 1 aliphatic heterocycles. The smallest absolute Gasteiger partial charge is 0.338 e. The van der Waals surface area contributed by atoms with Crippen LogP contribution in [0.5, 0.6) is 0 Å². The van der Waals surface area contributed by atoms with Gasteiger partial charge in [0, 0.05) is 6.54 Å². The van der Waals surface area contributed by atoms with E-state index in [1.165, 1.54) is 0 Å². The van der Waals surface area contributed by atoms with Gasteiger partial charge in [-0.25, -0.2) is 4.79 Å². The van der Waals surface area contributed by atoms with Crippen molar-refractivity contribution >= 4 is 35.1 Å². The van der Waals surface area contributed by atoms with Gasteiger partial charge in [0.2, 0.25) is 0 Å². The number of amides is 1. The van der Waals surface area contributed by atoms with E-state index in [1.54, 1.807) is 41.3 Å². The van der Waals surface area contributed by atoms with Crippen LogP contribution in [0, 0.1) is 0 Å². The SMILES string of the molecule is O=C(OCC(=O)N1CCC[C@@H]1c1ccc(Cl)c(Cl)c1)c1ccc(CO)cc1. The number of rotatable bonds is 5. The standard InChI is InChI=1S/C20H19Cl2NO4/c21-16-8-7-15(10-17(16)22)18-2-1-9-23(18)19(25)12-27-20(26)14-5-3-13(11-24)4-6-14/h3-8,10,18,24H,1-2,9,11-12H2/t18-/m1/s1. The van der Waals surface area contributed by atoms with Crippen molar-refractivity contribution in [2.24, 2.45) is 0 Å². The summed E-state index contributed by atoms with van der Waals surface area (Å²) in [5.74, 6) is -0.818. The largest absolute Gasteiger partial charge is 0.452 e. The molecule has 27 heavy (non-hydrogen) atoms. The van der Waals surface area contributed by atoms with Crippen LogP contribution in [0.15, 0.2) is 42.5 Å². The van der Waals surface area contributed by atoms with E-state index in [0.717, 1.165) is 18.4 Å². The van der Waals surface area contributed by atoms with Crippen LogP contribution < -0.4 is 0 Å². The van der Waals surface area contributed by atoms with Crippen LogP contribution in [-0.2, 0) is 16.1 Å². The average Bonchev–Trinajstić information content (AvgIpc) is 3.18. The molecule has 1 fully saturated rings. The van der Waals surface area contributed by atoms with Gasteiger partial charge in [-0.3, -0.25) is 4.79 Å².